The summed E-state index contributed by atoms with van der Waals surface area (Å²) in [7, 11) is 1.83. The first-order valence-electron chi connectivity index (χ1n) is 8.92. The summed E-state index contributed by atoms with van der Waals surface area (Å²) in [5.41, 5.74) is 8.27. The molecule has 1 unspecified atom stereocenters. The van der Waals surface area contributed by atoms with E-state index in [1.807, 2.05) is 37.6 Å². The number of nitrogens with zero attached hydrogens (tertiary/aromatic N) is 4. The Morgan fingerprint density at radius 1 is 1.37 bits per heavy atom. The zero-order chi connectivity index (χ0) is 19.1. The summed E-state index contributed by atoms with van der Waals surface area (Å²) in [6, 6.07) is 5.79. The number of hydrogen-bond acceptors (Lipinski definition) is 5. The molecule has 27 heavy (non-hydrogen) atoms. The van der Waals surface area contributed by atoms with E-state index in [0.29, 0.717) is 24.3 Å². The van der Waals surface area contributed by atoms with Crippen LogP contribution in [0.1, 0.15) is 28.9 Å². The molecule has 0 aliphatic carbocycles. The molecule has 0 saturated carbocycles. The van der Waals surface area contributed by atoms with Gasteiger partial charge in [-0.1, -0.05) is 6.07 Å². The molecule has 4 heterocycles. The summed E-state index contributed by atoms with van der Waals surface area (Å²) in [6.07, 6.45) is 1.51. The highest BCUT2D eigenvalue weighted by atomic mass is 32.1. The van der Waals surface area contributed by atoms with Crippen molar-refractivity contribution in [2.45, 2.75) is 19.8 Å². The van der Waals surface area contributed by atoms with Crippen LogP contribution in [0.2, 0.25) is 0 Å². The molecule has 3 aromatic heterocycles. The van der Waals surface area contributed by atoms with Crippen molar-refractivity contribution in [2.75, 3.05) is 13.1 Å². The SMILES string of the molecule is Cc1nn(C)c2nc(-c3cccs3)cc(C(=O)N3CCCC(C(N)=O)C3)c12. The Kier molecular flexibility index (Phi) is 4.43. The fourth-order valence-corrected chi connectivity index (χ4v) is 4.41. The Balaban J connectivity index is 1.82. The van der Waals surface area contributed by atoms with E-state index < -0.39 is 0 Å². The van der Waals surface area contributed by atoms with Crippen LogP contribution >= 0.6 is 11.3 Å². The van der Waals surface area contributed by atoms with Gasteiger partial charge in [-0.15, -0.1) is 11.3 Å². The molecule has 0 spiro atoms. The molecule has 2 amide bonds. The minimum absolute atomic E-state index is 0.0951. The number of nitrogens with two attached hydrogens (primary N) is 1. The van der Waals surface area contributed by atoms with Gasteiger partial charge in [0.15, 0.2) is 5.65 Å². The van der Waals surface area contributed by atoms with Crippen LogP contribution in [0.5, 0.6) is 0 Å². The van der Waals surface area contributed by atoms with Gasteiger partial charge in [-0.05, 0) is 37.3 Å². The number of fused-ring (bicyclic) bond motifs is 1. The van der Waals surface area contributed by atoms with Gasteiger partial charge in [0.25, 0.3) is 5.91 Å². The maximum Gasteiger partial charge on any atom is 0.254 e. The van der Waals surface area contributed by atoms with Gasteiger partial charge >= 0.3 is 0 Å². The first kappa shape index (κ1) is 17.7. The van der Waals surface area contributed by atoms with Crippen molar-refractivity contribution in [1.82, 2.24) is 19.7 Å². The third kappa shape index (κ3) is 3.10. The van der Waals surface area contributed by atoms with E-state index in [0.717, 1.165) is 34.5 Å². The number of likely N-dealkylation sites (tertiary alicyclic amines) is 1. The molecule has 0 radical (unpaired) electrons. The quantitative estimate of drug-likeness (QED) is 0.751. The van der Waals surface area contributed by atoms with Crippen LogP contribution in [0.4, 0.5) is 0 Å². The Bertz CT molecular complexity index is 1020. The normalized spacial score (nSPS) is 17.4. The summed E-state index contributed by atoms with van der Waals surface area (Å²) < 4.78 is 1.71. The topological polar surface area (TPSA) is 94.1 Å². The monoisotopic (exact) mass is 383 g/mol. The fraction of sp³-hybridized carbons (Fsp3) is 0.368. The van der Waals surface area contributed by atoms with Gasteiger partial charge in [0.05, 0.1) is 33.1 Å². The smallest absolute Gasteiger partial charge is 0.254 e. The van der Waals surface area contributed by atoms with Crippen LogP contribution in [0.3, 0.4) is 0 Å². The summed E-state index contributed by atoms with van der Waals surface area (Å²) >= 11 is 1.58. The lowest BCUT2D eigenvalue weighted by molar-refractivity contribution is -0.123. The lowest BCUT2D eigenvalue weighted by Gasteiger charge is -2.31. The third-order valence-corrected chi connectivity index (χ3v) is 5.98. The summed E-state index contributed by atoms with van der Waals surface area (Å²) in [4.78, 5) is 32.4. The number of piperidine rings is 1. The second-order valence-corrected chi connectivity index (χ2v) is 7.88. The number of amides is 2. The maximum absolute atomic E-state index is 13.4. The third-order valence-electron chi connectivity index (χ3n) is 5.08. The molecular formula is C19H21N5O2S. The van der Waals surface area contributed by atoms with Crippen molar-refractivity contribution in [3.63, 3.8) is 0 Å². The maximum atomic E-state index is 13.4. The molecule has 3 aromatic rings. The largest absolute Gasteiger partial charge is 0.369 e. The Hall–Kier alpha value is -2.74. The number of carbonyl (C=O) groups is 2. The van der Waals surface area contributed by atoms with Crippen molar-refractivity contribution < 1.29 is 9.59 Å². The number of primary amides is 1. The van der Waals surface area contributed by atoms with Gasteiger partial charge in [-0.3, -0.25) is 14.3 Å². The Morgan fingerprint density at radius 3 is 2.89 bits per heavy atom. The van der Waals surface area contributed by atoms with Gasteiger partial charge in [-0.2, -0.15) is 5.10 Å². The number of aromatic nitrogens is 3. The number of carbonyl (C=O) groups excluding carboxylic acids is 2. The summed E-state index contributed by atoms with van der Waals surface area (Å²) in [5, 5.41) is 7.21. The van der Waals surface area contributed by atoms with Crippen molar-refractivity contribution in [2.24, 2.45) is 18.7 Å². The lowest BCUT2D eigenvalue weighted by Crippen LogP contribution is -2.44. The number of rotatable bonds is 3. The predicted molar refractivity (Wildman–Crippen MR) is 104 cm³/mol. The minimum atomic E-state index is -0.343. The van der Waals surface area contributed by atoms with E-state index in [-0.39, 0.29) is 17.7 Å². The van der Waals surface area contributed by atoms with Crippen molar-refractivity contribution in [3.8, 4) is 10.6 Å². The van der Waals surface area contributed by atoms with Crippen molar-refractivity contribution in [3.05, 3.63) is 34.8 Å². The molecule has 1 aliphatic heterocycles. The van der Waals surface area contributed by atoms with Crippen LogP contribution in [-0.2, 0) is 11.8 Å². The molecule has 140 valence electrons. The molecule has 4 rings (SSSR count). The molecule has 1 atom stereocenters. The van der Waals surface area contributed by atoms with Crippen LogP contribution in [0.15, 0.2) is 23.6 Å². The summed E-state index contributed by atoms with van der Waals surface area (Å²) in [6.45, 7) is 2.87. The van der Waals surface area contributed by atoms with E-state index in [1.165, 1.54) is 0 Å². The van der Waals surface area contributed by atoms with Gasteiger partial charge in [0.2, 0.25) is 5.91 Å². The Labute approximate surface area is 160 Å². The molecule has 1 saturated heterocycles. The van der Waals surface area contributed by atoms with Crippen LogP contribution in [0.25, 0.3) is 21.6 Å². The van der Waals surface area contributed by atoms with Crippen LogP contribution < -0.4 is 5.73 Å². The number of hydrogen-bond donors (Lipinski definition) is 1. The van der Waals surface area contributed by atoms with E-state index in [9.17, 15) is 9.59 Å². The average molecular weight is 383 g/mol. The molecule has 0 aromatic carbocycles. The number of pyridine rings is 1. The van der Waals surface area contributed by atoms with Crippen molar-refractivity contribution in [1.29, 1.82) is 0 Å². The molecular weight excluding hydrogens is 362 g/mol. The van der Waals surface area contributed by atoms with E-state index in [4.69, 9.17) is 10.7 Å². The average Bonchev–Trinajstić information content (AvgIpc) is 3.29. The second-order valence-electron chi connectivity index (χ2n) is 6.93. The van der Waals surface area contributed by atoms with Crippen LogP contribution in [0, 0.1) is 12.8 Å². The molecule has 0 bridgehead atoms. The highest BCUT2D eigenvalue weighted by Crippen LogP contribution is 2.30. The second kappa shape index (κ2) is 6.77. The highest BCUT2D eigenvalue weighted by molar-refractivity contribution is 7.13. The Morgan fingerprint density at radius 2 is 2.19 bits per heavy atom. The summed E-state index contributed by atoms with van der Waals surface area (Å²) in [5.74, 6) is -0.724. The molecule has 2 N–H and O–H groups in total. The predicted octanol–water partition coefficient (Wildman–Crippen LogP) is 2.34. The van der Waals surface area contributed by atoms with Gasteiger partial charge in [0.1, 0.15) is 0 Å². The highest BCUT2D eigenvalue weighted by Gasteiger charge is 2.29. The number of thiophene rings is 1. The molecule has 1 fully saturated rings. The first-order valence-corrected chi connectivity index (χ1v) is 9.80. The fourth-order valence-electron chi connectivity index (χ4n) is 3.73. The zero-order valence-electron chi connectivity index (χ0n) is 15.3. The number of aryl methyl sites for hydroxylation is 2. The minimum Gasteiger partial charge on any atom is -0.369 e. The van der Waals surface area contributed by atoms with Gasteiger partial charge in [-0.25, -0.2) is 4.98 Å². The zero-order valence-corrected chi connectivity index (χ0v) is 16.1. The molecule has 1 aliphatic rings. The van der Waals surface area contributed by atoms with E-state index >= 15 is 0 Å². The first-order chi connectivity index (χ1) is 13.0. The molecule has 8 heteroatoms. The van der Waals surface area contributed by atoms with Gasteiger partial charge < -0.3 is 10.6 Å². The van der Waals surface area contributed by atoms with E-state index in [1.54, 1.807) is 20.9 Å². The standard InChI is InChI=1S/C19H21N5O2S/c1-11-16-13(19(26)24-7-3-5-12(10-24)17(20)25)9-14(15-6-4-8-27-15)21-18(16)23(2)22-11/h4,6,8-9,12H,3,5,7,10H2,1-2H3,(H2,20,25). The lowest BCUT2D eigenvalue weighted by atomic mass is 9.96. The van der Waals surface area contributed by atoms with E-state index in [2.05, 4.69) is 5.10 Å². The molecule has 7 nitrogen and oxygen atoms in total. The van der Waals surface area contributed by atoms with Crippen LogP contribution in [-0.4, -0.2) is 44.6 Å². The van der Waals surface area contributed by atoms with Crippen molar-refractivity contribution >= 4 is 34.2 Å². The van der Waals surface area contributed by atoms with Gasteiger partial charge in [0, 0.05) is 20.1 Å².